The van der Waals surface area contributed by atoms with Crippen molar-refractivity contribution in [2.24, 2.45) is 0 Å². The van der Waals surface area contributed by atoms with Crippen LogP contribution >= 0.6 is 15.9 Å². The Bertz CT molecular complexity index is 393. The number of unbranched alkanes of at least 4 members (excludes halogenated alkanes) is 5. The van der Waals surface area contributed by atoms with Gasteiger partial charge in [0.05, 0.1) is 11.1 Å². The molecule has 2 heteroatoms. The predicted octanol–water partition coefficient (Wildman–Crippen LogP) is 6.49. The van der Waals surface area contributed by atoms with Crippen LogP contribution in [0.15, 0.2) is 22.7 Å². The number of benzene rings is 1. The van der Waals surface area contributed by atoms with E-state index in [1.807, 2.05) is 0 Å². The molecule has 1 rings (SSSR count). The molecule has 1 aromatic carbocycles. The van der Waals surface area contributed by atoms with Gasteiger partial charge in [-0.05, 0) is 45.5 Å². The summed E-state index contributed by atoms with van der Waals surface area (Å²) in [5.74, 6) is 0.964. The normalized spacial score (nSPS) is 11.7. The van der Waals surface area contributed by atoms with Crippen LogP contribution in [0, 0.1) is 0 Å². The van der Waals surface area contributed by atoms with Crippen LogP contribution in [0.2, 0.25) is 0 Å². The lowest BCUT2D eigenvalue weighted by Crippen LogP contribution is -2.11. The first-order valence-corrected chi connectivity index (χ1v) is 8.67. The molecule has 0 heterocycles. The van der Waals surface area contributed by atoms with E-state index in [9.17, 15) is 0 Å². The molecule has 0 saturated carbocycles. The Balaban J connectivity index is 2.34. The van der Waals surface area contributed by atoms with E-state index >= 15 is 0 Å². The van der Waals surface area contributed by atoms with Crippen LogP contribution < -0.4 is 4.74 Å². The van der Waals surface area contributed by atoms with E-state index in [0.29, 0.717) is 0 Å². The van der Waals surface area contributed by atoms with Gasteiger partial charge in [0.2, 0.25) is 0 Å². The van der Waals surface area contributed by atoms with Gasteiger partial charge in [0.25, 0.3) is 0 Å². The van der Waals surface area contributed by atoms with Crippen LogP contribution in [0.1, 0.15) is 71.8 Å². The summed E-state index contributed by atoms with van der Waals surface area (Å²) >= 11 is 3.62. The summed E-state index contributed by atoms with van der Waals surface area (Å²) < 4.78 is 6.93. The number of halogens is 1. The van der Waals surface area contributed by atoms with E-state index in [-0.39, 0.29) is 5.41 Å². The summed E-state index contributed by atoms with van der Waals surface area (Å²) in [6, 6.07) is 6.43. The van der Waals surface area contributed by atoms with E-state index in [1.165, 1.54) is 37.7 Å². The second kappa shape index (κ2) is 8.71. The van der Waals surface area contributed by atoms with Gasteiger partial charge < -0.3 is 4.74 Å². The van der Waals surface area contributed by atoms with Gasteiger partial charge in [-0.2, -0.15) is 0 Å². The lowest BCUT2D eigenvalue weighted by molar-refractivity contribution is 0.302. The van der Waals surface area contributed by atoms with E-state index in [1.54, 1.807) is 0 Å². The van der Waals surface area contributed by atoms with Crippen molar-refractivity contribution in [1.29, 1.82) is 0 Å². The van der Waals surface area contributed by atoms with Gasteiger partial charge in [0.1, 0.15) is 5.75 Å². The first kappa shape index (κ1) is 17.6. The SMILES string of the molecule is CCCCCCCCOc1ccc(C(C)(C)C)cc1Br. The Kier molecular flexibility index (Phi) is 7.65. The first-order chi connectivity index (χ1) is 9.45. The van der Waals surface area contributed by atoms with Gasteiger partial charge in [-0.3, -0.25) is 0 Å². The standard InChI is InChI=1S/C18H29BrO/c1-5-6-7-8-9-10-13-20-17-12-11-15(14-16(17)19)18(2,3)4/h11-12,14H,5-10,13H2,1-4H3. The van der Waals surface area contributed by atoms with Gasteiger partial charge in [-0.25, -0.2) is 0 Å². The minimum atomic E-state index is 0.181. The zero-order valence-corrected chi connectivity index (χ0v) is 15.1. The van der Waals surface area contributed by atoms with E-state index in [4.69, 9.17) is 4.74 Å². The third-order valence-electron chi connectivity index (χ3n) is 3.55. The van der Waals surface area contributed by atoms with Crippen molar-refractivity contribution in [2.45, 2.75) is 71.6 Å². The highest BCUT2D eigenvalue weighted by Gasteiger charge is 2.15. The molecular weight excluding hydrogens is 312 g/mol. The third-order valence-corrected chi connectivity index (χ3v) is 4.17. The monoisotopic (exact) mass is 340 g/mol. The van der Waals surface area contributed by atoms with Gasteiger partial charge in [-0.1, -0.05) is 65.9 Å². The van der Waals surface area contributed by atoms with Crippen LogP contribution in [-0.4, -0.2) is 6.61 Å². The molecule has 0 aliphatic rings. The summed E-state index contributed by atoms with van der Waals surface area (Å²) in [5.41, 5.74) is 1.51. The fourth-order valence-electron chi connectivity index (χ4n) is 2.15. The Morgan fingerprint density at radius 2 is 1.65 bits per heavy atom. The Morgan fingerprint density at radius 1 is 1.00 bits per heavy atom. The Morgan fingerprint density at radius 3 is 2.25 bits per heavy atom. The van der Waals surface area contributed by atoms with E-state index in [0.717, 1.165) is 23.2 Å². The summed E-state index contributed by atoms with van der Waals surface area (Å²) in [5, 5.41) is 0. The van der Waals surface area contributed by atoms with Crippen molar-refractivity contribution in [3.05, 3.63) is 28.2 Å². The number of rotatable bonds is 8. The van der Waals surface area contributed by atoms with E-state index in [2.05, 4.69) is 61.8 Å². The van der Waals surface area contributed by atoms with Gasteiger partial charge >= 0.3 is 0 Å². The van der Waals surface area contributed by atoms with Crippen LogP contribution in [0.4, 0.5) is 0 Å². The first-order valence-electron chi connectivity index (χ1n) is 7.88. The number of hydrogen-bond donors (Lipinski definition) is 0. The zero-order chi connectivity index (χ0) is 15.0. The van der Waals surface area contributed by atoms with Crippen molar-refractivity contribution < 1.29 is 4.74 Å². The molecule has 0 saturated heterocycles. The molecule has 1 aromatic rings. The smallest absolute Gasteiger partial charge is 0.133 e. The van der Waals surface area contributed by atoms with Crippen molar-refractivity contribution in [3.8, 4) is 5.75 Å². The predicted molar refractivity (Wildman–Crippen MR) is 91.7 cm³/mol. The highest BCUT2D eigenvalue weighted by atomic mass is 79.9. The minimum Gasteiger partial charge on any atom is -0.492 e. The molecule has 0 aliphatic heterocycles. The van der Waals surface area contributed by atoms with Crippen molar-refractivity contribution in [1.82, 2.24) is 0 Å². The van der Waals surface area contributed by atoms with Crippen molar-refractivity contribution >= 4 is 15.9 Å². The molecule has 0 N–H and O–H groups in total. The van der Waals surface area contributed by atoms with Gasteiger partial charge in [-0.15, -0.1) is 0 Å². The molecule has 20 heavy (non-hydrogen) atoms. The van der Waals surface area contributed by atoms with E-state index < -0.39 is 0 Å². The number of hydrogen-bond acceptors (Lipinski definition) is 1. The maximum atomic E-state index is 5.86. The molecule has 1 nitrogen and oxygen atoms in total. The largest absolute Gasteiger partial charge is 0.492 e. The van der Waals surface area contributed by atoms with Crippen LogP contribution in [0.3, 0.4) is 0 Å². The van der Waals surface area contributed by atoms with Gasteiger partial charge in [0.15, 0.2) is 0 Å². The molecule has 0 amide bonds. The minimum absolute atomic E-state index is 0.181. The second-order valence-electron chi connectivity index (χ2n) is 6.51. The van der Waals surface area contributed by atoms with Crippen molar-refractivity contribution in [2.75, 3.05) is 6.61 Å². The maximum absolute atomic E-state index is 5.86. The summed E-state index contributed by atoms with van der Waals surface area (Å²) in [4.78, 5) is 0. The van der Waals surface area contributed by atoms with Crippen LogP contribution in [0.25, 0.3) is 0 Å². The summed E-state index contributed by atoms with van der Waals surface area (Å²) in [6.07, 6.45) is 7.79. The van der Waals surface area contributed by atoms with Crippen LogP contribution in [0.5, 0.6) is 5.75 Å². The molecule has 0 aromatic heterocycles. The molecule has 114 valence electrons. The molecule has 0 spiro atoms. The third kappa shape index (κ3) is 6.30. The molecule has 0 fully saturated rings. The lowest BCUT2D eigenvalue weighted by atomic mass is 9.87. The molecule has 0 bridgehead atoms. The molecular formula is C18H29BrO. The molecule has 0 radical (unpaired) electrons. The fraction of sp³-hybridized carbons (Fsp3) is 0.667. The van der Waals surface area contributed by atoms with Gasteiger partial charge in [0, 0.05) is 0 Å². The van der Waals surface area contributed by atoms with Crippen LogP contribution in [-0.2, 0) is 5.41 Å². The second-order valence-corrected chi connectivity index (χ2v) is 7.37. The maximum Gasteiger partial charge on any atom is 0.133 e. The highest BCUT2D eigenvalue weighted by Crippen LogP contribution is 2.31. The summed E-state index contributed by atoms with van der Waals surface area (Å²) in [7, 11) is 0. The molecule has 0 unspecified atom stereocenters. The molecule has 0 aliphatic carbocycles. The number of ether oxygens (including phenoxy) is 1. The quantitative estimate of drug-likeness (QED) is 0.491. The average molecular weight is 341 g/mol. The summed E-state index contributed by atoms with van der Waals surface area (Å²) in [6.45, 7) is 9.75. The fourth-order valence-corrected chi connectivity index (χ4v) is 2.64. The average Bonchev–Trinajstić information content (AvgIpc) is 2.38. The highest BCUT2D eigenvalue weighted by molar-refractivity contribution is 9.10. The lowest BCUT2D eigenvalue weighted by Gasteiger charge is -2.20. The Labute approximate surface area is 133 Å². The zero-order valence-electron chi connectivity index (χ0n) is 13.5. The van der Waals surface area contributed by atoms with Crippen molar-refractivity contribution in [3.63, 3.8) is 0 Å². The topological polar surface area (TPSA) is 9.23 Å². The Hall–Kier alpha value is -0.500. The molecule has 0 atom stereocenters.